The molecule has 0 aliphatic heterocycles. The van der Waals surface area contributed by atoms with Crippen molar-refractivity contribution in [2.45, 2.75) is 0 Å². The molecule has 0 N–H and O–H groups in total. The van der Waals surface area contributed by atoms with Gasteiger partial charge in [0.1, 0.15) is 0 Å². The molecule has 0 atom stereocenters. The van der Waals surface area contributed by atoms with Gasteiger partial charge in [0.05, 0.1) is 27.5 Å². The van der Waals surface area contributed by atoms with E-state index in [1.807, 2.05) is 0 Å². The number of aromatic nitrogens is 1. The van der Waals surface area contributed by atoms with Crippen LogP contribution < -0.4 is 14.2 Å². The molecular formula is C8H10BrNO3. The van der Waals surface area contributed by atoms with E-state index in [0.717, 1.165) is 0 Å². The average Bonchev–Trinajstić information content (AvgIpc) is 2.17. The highest BCUT2D eigenvalue weighted by atomic mass is 79.9. The summed E-state index contributed by atoms with van der Waals surface area (Å²) >= 11 is 3.24. The lowest BCUT2D eigenvalue weighted by molar-refractivity contribution is 0.320. The average molecular weight is 248 g/mol. The van der Waals surface area contributed by atoms with Crippen LogP contribution in [0.4, 0.5) is 0 Å². The molecular weight excluding hydrogens is 238 g/mol. The van der Waals surface area contributed by atoms with Crippen molar-refractivity contribution >= 4 is 15.9 Å². The Labute approximate surface area is 85.0 Å². The standard InChI is InChI=1S/C8H10BrNO3/c1-11-5-4-10-8(9)7(13-3)6(5)12-2/h4H,1-3H3. The number of methoxy groups -OCH3 is 3. The Balaban J connectivity index is 3.27. The summed E-state index contributed by atoms with van der Waals surface area (Å²) in [5.74, 6) is 1.61. The molecule has 0 radical (unpaired) electrons. The molecule has 0 aromatic carbocycles. The van der Waals surface area contributed by atoms with Gasteiger partial charge in [-0.05, 0) is 15.9 Å². The van der Waals surface area contributed by atoms with Gasteiger partial charge in [-0.2, -0.15) is 0 Å². The number of pyridine rings is 1. The summed E-state index contributed by atoms with van der Waals surface area (Å²) in [5, 5.41) is 0. The Morgan fingerprint density at radius 3 is 2.15 bits per heavy atom. The zero-order valence-corrected chi connectivity index (χ0v) is 9.21. The molecule has 0 aliphatic rings. The van der Waals surface area contributed by atoms with E-state index >= 15 is 0 Å². The highest BCUT2D eigenvalue weighted by Crippen LogP contribution is 2.40. The molecule has 1 aromatic rings. The third-order valence-corrected chi connectivity index (χ3v) is 2.11. The topological polar surface area (TPSA) is 40.6 Å². The summed E-state index contributed by atoms with van der Waals surface area (Å²) in [4.78, 5) is 4.02. The normalized spacial score (nSPS) is 9.54. The predicted octanol–water partition coefficient (Wildman–Crippen LogP) is 1.87. The fourth-order valence-electron chi connectivity index (χ4n) is 0.954. The van der Waals surface area contributed by atoms with E-state index in [-0.39, 0.29) is 0 Å². The number of hydrogen-bond acceptors (Lipinski definition) is 4. The third-order valence-electron chi connectivity index (χ3n) is 1.54. The molecule has 0 unspecified atom stereocenters. The highest BCUT2D eigenvalue weighted by molar-refractivity contribution is 9.10. The molecule has 0 bridgehead atoms. The second-order valence-electron chi connectivity index (χ2n) is 2.18. The molecule has 1 rings (SSSR count). The van der Waals surface area contributed by atoms with Crippen molar-refractivity contribution in [2.75, 3.05) is 21.3 Å². The minimum Gasteiger partial charge on any atom is -0.491 e. The lowest BCUT2D eigenvalue weighted by Gasteiger charge is -2.11. The molecule has 0 amide bonds. The van der Waals surface area contributed by atoms with Crippen molar-refractivity contribution in [3.63, 3.8) is 0 Å². The Bertz CT molecular complexity index is 304. The second kappa shape index (κ2) is 4.32. The number of ether oxygens (including phenoxy) is 3. The first-order valence-electron chi connectivity index (χ1n) is 3.55. The van der Waals surface area contributed by atoms with Crippen LogP contribution in [0.25, 0.3) is 0 Å². The first-order valence-corrected chi connectivity index (χ1v) is 4.34. The Kier molecular flexibility index (Phi) is 3.36. The van der Waals surface area contributed by atoms with Crippen LogP contribution >= 0.6 is 15.9 Å². The molecule has 5 heteroatoms. The first-order chi connectivity index (χ1) is 6.24. The van der Waals surface area contributed by atoms with Crippen molar-refractivity contribution in [2.24, 2.45) is 0 Å². The summed E-state index contributed by atoms with van der Waals surface area (Å²) in [5.41, 5.74) is 0. The van der Waals surface area contributed by atoms with Crippen LogP contribution in [-0.4, -0.2) is 26.3 Å². The lowest BCUT2D eigenvalue weighted by atomic mass is 10.4. The lowest BCUT2D eigenvalue weighted by Crippen LogP contribution is -1.96. The van der Waals surface area contributed by atoms with Crippen molar-refractivity contribution < 1.29 is 14.2 Å². The molecule has 1 aromatic heterocycles. The number of halogens is 1. The zero-order chi connectivity index (χ0) is 9.84. The van der Waals surface area contributed by atoms with Crippen LogP contribution in [0.3, 0.4) is 0 Å². The van der Waals surface area contributed by atoms with Crippen LogP contribution in [0.1, 0.15) is 0 Å². The number of hydrogen-bond donors (Lipinski definition) is 0. The Morgan fingerprint density at radius 2 is 1.69 bits per heavy atom. The summed E-state index contributed by atoms with van der Waals surface area (Å²) in [6.45, 7) is 0. The van der Waals surface area contributed by atoms with E-state index in [1.165, 1.54) is 0 Å². The van der Waals surface area contributed by atoms with Crippen LogP contribution in [0, 0.1) is 0 Å². The fourth-order valence-corrected chi connectivity index (χ4v) is 1.40. The van der Waals surface area contributed by atoms with E-state index in [2.05, 4.69) is 20.9 Å². The Hall–Kier alpha value is -0.970. The van der Waals surface area contributed by atoms with Crippen molar-refractivity contribution in [3.8, 4) is 17.2 Å². The zero-order valence-electron chi connectivity index (χ0n) is 7.63. The van der Waals surface area contributed by atoms with Gasteiger partial charge in [-0.25, -0.2) is 4.98 Å². The quantitative estimate of drug-likeness (QED) is 0.765. The summed E-state index contributed by atoms with van der Waals surface area (Å²) in [6, 6.07) is 0. The van der Waals surface area contributed by atoms with Crippen molar-refractivity contribution in [3.05, 3.63) is 10.8 Å². The van der Waals surface area contributed by atoms with Gasteiger partial charge in [-0.1, -0.05) is 0 Å². The number of nitrogens with zero attached hydrogens (tertiary/aromatic N) is 1. The highest BCUT2D eigenvalue weighted by Gasteiger charge is 2.14. The maximum Gasteiger partial charge on any atom is 0.207 e. The van der Waals surface area contributed by atoms with Crippen LogP contribution in [-0.2, 0) is 0 Å². The molecule has 13 heavy (non-hydrogen) atoms. The van der Waals surface area contributed by atoms with Gasteiger partial charge in [-0.15, -0.1) is 0 Å². The molecule has 0 aliphatic carbocycles. The van der Waals surface area contributed by atoms with Gasteiger partial charge < -0.3 is 14.2 Å². The van der Waals surface area contributed by atoms with Gasteiger partial charge in [0.25, 0.3) is 0 Å². The molecule has 1 heterocycles. The van der Waals surface area contributed by atoms with Crippen LogP contribution in [0.5, 0.6) is 17.2 Å². The minimum atomic E-state index is 0.529. The van der Waals surface area contributed by atoms with E-state index < -0.39 is 0 Å². The van der Waals surface area contributed by atoms with E-state index in [9.17, 15) is 0 Å². The first kappa shape index (κ1) is 10.1. The van der Waals surface area contributed by atoms with Crippen molar-refractivity contribution in [1.29, 1.82) is 0 Å². The van der Waals surface area contributed by atoms with E-state index in [1.54, 1.807) is 27.5 Å². The van der Waals surface area contributed by atoms with Gasteiger partial charge in [0.2, 0.25) is 5.75 Å². The maximum atomic E-state index is 5.12. The minimum absolute atomic E-state index is 0.529. The molecule has 0 spiro atoms. The van der Waals surface area contributed by atoms with Gasteiger partial charge >= 0.3 is 0 Å². The van der Waals surface area contributed by atoms with E-state index in [4.69, 9.17) is 14.2 Å². The van der Waals surface area contributed by atoms with Gasteiger partial charge in [-0.3, -0.25) is 0 Å². The Morgan fingerprint density at radius 1 is 1.08 bits per heavy atom. The third kappa shape index (κ3) is 1.85. The van der Waals surface area contributed by atoms with Crippen LogP contribution in [0.15, 0.2) is 10.8 Å². The molecule has 0 saturated carbocycles. The summed E-state index contributed by atoms with van der Waals surface area (Å²) in [7, 11) is 4.64. The molecule has 0 fully saturated rings. The summed E-state index contributed by atoms with van der Waals surface area (Å²) in [6.07, 6.45) is 1.56. The largest absolute Gasteiger partial charge is 0.491 e. The van der Waals surface area contributed by atoms with Gasteiger partial charge in [0, 0.05) is 0 Å². The molecule has 72 valence electrons. The predicted molar refractivity (Wildman–Crippen MR) is 51.6 cm³/mol. The van der Waals surface area contributed by atoms with E-state index in [0.29, 0.717) is 21.9 Å². The van der Waals surface area contributed by atoms with Crippen molar-refractivity contribution in [1.82, 2.24) is 4.98 Å². The fraction of sp³-hybridized carbons (Fsp3) is 0.375. The maximum absolute atomic E-state index is 5.12. The summed E-state index contributed by atoms with van der Waals surface area (Å²) < 4.78 is 15.8. The number of rotatable bonds is 3. The molecule has 0 saturated heterocycles. The van der Waals surface area contributed by atoms with Crippen LogP contribution in [0.2, 0.25) is 0 Å². The van der Waals surface area contributed by atoms with Gasteiger partial charge in [0.15, 0.2) is 16.1 Å². The molecule has 4 nitrogen and oxygen atoms in total. The second-order valence-corrected chi connectivity index (χ2v) is 2.94. The smallest absolute Gasteiger partial charge is 0.207 e. The monoisotopic (exact) mass is 247 g/mol. The SMILES string of the molecule is COc1cnc(Br)c(OC)c1OC.